The first-order valence-electron chi connectivity index (χ1n) is 9.70. The van der Waals surface area contributed by atoms with Crippen LogP contribution in [0.3, 0.4) is 0 Å². The van der Waals surface area contributed by atoms with Gasteiger partial charge in [0.25, 0.3) is 0 Å². The Hall–Kier alpha value is -2.91. The molecule has 0 saturated carbocycles. The highest BCUT2D eigenvalue weighted by Crippen LogP contribution is 2.31. The summed E-state index contributed by atoms with van der Waals surface area (Å²) in [5.74, 6) is -0.337. The third-order valence-electron chi connectivity index (χ3n) is 4.80. The number of unbranched alkanes of at least 4 members (excludes halogenated alkanes) is 1. The summed E-state index contributed by atoms with van der Waals surface area (Å²) in [5, 5.41) is 2.66. The normalized spacial score (nSPS) is 15.9. The van der Waals surface area contributed by atoms with Crippen LogP contribution < -0.4 is 15.0 Å². The first-order valence-corrected chi connectivity index (χ1v) is 11.1. The molecule has 0 spiro atoms. The Morgan fingerprint density at radius 1 is 1.17 bits per heavy atom. The van der Waals surface area contributed by atoms with Crippen LogP contribution in [0.5, 0.6) is 5.75 Å². The highest BCUT2D eigenvalue weighted by molar-refractivity contribution is 7.89. The molecule has 1 N–H and O–H groups in total. The minimum atomic E-state index is -4.03. The number of carbonyl (C=O) groups is 2. The summed E-state index contributed by atoms with van der Waals surface area (Å²) >= 11 is 0. The van der Waals surface area contributed by atoms with Gasteiger partial charge in [-0.3, -0.25) is 9.59 Å². The van der Waals surface area contributed by atoms with Crippen molar-refractivity contribution in [2.24, 2.45) is 0 Å². The number of nitrogens with zero attached hydrogens (tertiary/aromatic N) is 2. The van der Waals surface area contributed by atoms with E-state index < -0.39 is 29.0 Å². The van der Waals surface area contributed by atoms with Crippen molar-refractivity contribution in [3.05, 3.63) is 48.5 Å². The Labute approximate surface area is 176 Å². The number of rotatable bonds is 7. The van der Waals surface area contributed by atoms with Gasteiger partial charge in [0.2, 0.25) is 21.8 Å². The van der Waals surface area contributed by atoms with Crippen LogP contribution in [0.2, 0.25) is 0 Å². The van der Waals surface area contributed by atoms with E-state index >= 15 is 0 Å². The van der Waals surface area contributed by atoms with Gasteiger partial charge in [-0.1, -0.05) is 31.5 Å². The lowest BCUT2D eigenvalue weighted by molar-refractivity contribution is -0.119. The summed E-state index contributed by atoms with van der Waals surface area (Å²) in [6.07, 6.45) is 1.61. The molecule has 0 saturated heterocycles. The minimum Gasteiger partial charge on any atom is -0.497 e. The molecule has 0 atom stereocenters. The van der Waals surface area contributed by atoms with Crippen LogP contribution in [0, 0.1) is 0 Å². The molecule has 0 aromatic heterocycles. The van der Waals surface area contributed by atoms with Crippen LogP contribution in [0.15, 0.2) is 53.4 Å². The zero-order chi connectivity index (χ0) is 21.7. The Bertz CT molecular complexity index is 1040. The summed E-state index contributed by atoms with van der Waals surface area (Å²) < 4.78 is 32.5. The molecule has 2 aromatic rings. The molecular weight excluding hydrogens is 406 g/mol. The summed E-state index contributed by atoms with van der Waals surface area (Å²) in [5.41, 5.74) is 0.828. The third kappa shape index (κ3) is 4.63. The summed E-state index contributed by atoms with van der Waals surface area (Å²) in [6, 6.07) is 13.1. The summed E-state index contributed by atoms with van der Waals surface area (Å²) in [6.45, 7) is 1.55. The Morgan fingerprint density at radius 2 is 1.93 bits per heavy atom. The molecule has 2 aromatic carbocycles. The van der Waals surface area contributed by atoms with E-state index in [1.165, 1.54) is 18.1 Å². The van der Waals surface area contributed by atoms with Gasteiger partial charge in [-0.25, -0.2) is 8.42 Å². The number of ether oxygens (including phenoxy) is 1. The van der Waals surface area contributed by atoms with Gasteiger partial charge in [-0.2, -0.15) is 4.31 Å². The Morgan fingerprint density at radius 3 is 2.67 bits per heavy atom. The number of para-hydroxylation sites is 1. The molecule has 30 heavy (non-hydrogen) atoms. The number of sulfonamides is 1. The van der Waals surface area contributed by atoms with Gasteiger partial charge in [0, 0.05) is 18.3 Å². The quantitative estimate of drug-likeness (QED) is 0.727. The number of methoxy groups -OCH3 is 1. The number of fused-ring (bicyclic) bond motifs is 1. The fourth-order valence-electron chi connectivity index (χ4n) is 3.26. The van der Waals surface area contributed by atoms with Crippen LogP contribution >= 0.6 is 0 Å². The standard InChI is InChI=1S/C21H25N3O5S/c1-3-4-12-24-18-10-5-6-11-19(18)30(27,28)23(15-21(24)26)14-20(25)22-16-8-7-9-17(13-16)29-2/h5-11,13H,3-4,12,14-15H2,1-2H3,(H,22,25). The predicted octanol–water partition coefficient (Wildman–Crippen LogP) is 2.47. The molecular formula is C21H25N3O5S. The smallest absolute Gasteiger partial charge is 0.246 e. The van der Waals surface area contributed by atoms with E-state index in [1.807, 2.05) is 6.92 Å². The molecule has 160 valence electrons. The second-order valence-electron chi connectivity index (χ2n) is 6.92. The van der Waals surface area contributed by atoms with Gasteiger partial charge < -0.3 is 15.0 Å². The van der Waals surface area contributed by atoms with E-state index in [0.717, 1.165) is 17.1 Å². The van der Waals surface area contributed by atoms with E-state index in [1.54, 1.807) is 42.5 Å². The van der Waals surface area contributed by atoms with Crippen molar-refractivity contribution in [1.82, 2.24) is 4.31 Å². The van der Waals surface area contributed by atoms with Crippen LogP contribution in [0.1, 0.15) is 19.8 Å². The van der Waals surface area contributed by atoms with Crippen molar-refractivity contribution in [2.45, 2.75) is 24.7 Å². The molecule has 0 radical (unpaired) electrons. The van der Waals surface area contributed by atoms with Gasteiger partial charge in [-0.05, 0) is 30.7 Å². The number of hydrogen-bond donors (Lipinski definition) is 1. The SMILES string of the molecule is CCCCN1C(=O)CN(CC(=O)Nc2cccc(OC)c2)S(=O)(=O)c2ccccc21. The van der Waals surface area contributed by atoms with Crippen molar-refractivity contribution < 1.29 is 22.7 Å². The largest absolute Gasteiger partial charge is 0.497 e. The van der Waals surface area contributed by atoms with Crippen LogP contribution in [-0.4, -0.2) is 51.3 Å². The second-order valence-corrected chi connectivity index (χ2v) is 8.83. The van der Waals surface area contributed by atoms with E-state index in [0.29, 0.717) is 23.7 Å². The Balaban J connectivity index is 1.86. The number of anilines is 2. The lowest BCUT2D eigenvalue weighted by Crippen LogP contribution is -2.43. The monoisotopic (exact) mass is 431 g/mol. The van der Waals surface area contributed by atoms with Gasteiger partial charge in [0.05, 0.1) is 25.9 Å². The second kappa shape index (κ2) is 9.27. The molecule has 0 aliphatic carbocycles. The molecule has 0 unspecified atom stereocenters. The molecule has 0 fully saturated rings. The number of nitrogens with one attached hydrogen (secondary N) is 1. The van der Waals surface area contributed by atoms with E-state index in [-0.39, 0.29) is 10.8 Å². The van der Waals surface area contributed by atoms with Crippen molar-refractivity contribution in [2.75, 3.05) is 37.0 Å². The third-order valence-corrected chi connectivity index (χ3v) is 6.63. The van der Waals surface area contributed by atoms with Crippen LogP contribution in [-0.2, 0) is 19.6 Å². The van der Waals surface area contributed by atoms with Gasteiger partial charge in [0.1, 0.15) is 10.6 Å². The molecule has 1 aliphatic rings. The molecule has 8 nitrogen and oxygen atoms in total. The highest BCUT2D eigenvalue weighted by atomic mass is 32.2. The van der Waals surface area contributed by atoms with Gasteiger partial charge in [-0.15, -0.1) is 0 Å². The van der Waals surface area contributed by atoms with E-state index in [2.05, 4.69) is 5.32 Å². The average molecular weight is 432 g/mol. The number of benzene rings is 2. The first kappa shape index (κ1) is 21.8. The van der Waals surface area contributed by atoms with Gasteiger partial charge in [0.15, 0.2) is 0 Å². The topological polar surface area (TPSA) is 96.0 Å². The zero-order valence-corrected chi connectivity index (χ0v) is 17.8. The minimum absolute atomic E-state index is 0.0288. The number of carbonyl (C=O) groups excluding carboxylic acids is 2. The predicted molar refractivity (Wildman–Crippen MR) is 114 cm³/mol. The highest BCUT2D eigenvalue weighted by Gasteiger charge is 2.37. The van der Waals surface area contributed by atoms with Crippen molar-refractivity contribution in [3.63, 3.8) is 0 Å². The van der Waals surface area contributed by atoms with Crippen molar-refractivity contribution in [1.29, 1.82) is 0 Å². The average Bonchev–Trinajstić information content (AvgIpc) is 2.80. The lowest BCUT2D eigenvalue weighted by atomic mass is 10.2. The fourth-order valence-corrected chi connectivity index (χ4v) is 4.80. The molecule has 1 aliphatic heterocycles. The van der Waals surface area contributed by atoms with Gasteiger partial charge >= 0.3 is 0 Å². The molecule has 3 rings (SSSR count). The maximum Gasteiger partial charge on any atom is 0.246 e. The summed E-state index contributed by atoms with van der Waals surface area (Å²) in [4.78, 5) is 27.0. The van der Waals surface area contributed by atoms with E-state index in [4.69, 9.17) is 4.74 Å². The molecule has 1 heterocycles. The van der Waals surface area contributed by atoms with Crippen molar-refractivity contribution in [3.8, 4) is 5.75 Å². The maximum atomic E-state index is 13.2. The van der Waals surface area contributed by atoms with Crippen molar-refractivity contribution >= 4 is 33.2 Å². The maximum absolute atomic E-state index is 13.2. The van der Waals surface area contributed by atoms with Crippen LogP contribution in [0.25, 0.3) is 0 Å². The van der Waals surface area contributed by atoms with Crippen LogP contribution in [0.4, 0.5) is 11.4 Å². The molecule has 9 heteroatoms. The lowest BCUT2D eigenvalue weighted by Gasteiger charge is -2.21. The number of amides is 2. The van der Waals surface area contributed by atoms with E-state index in [9.17, 15) is 18.0 Å². The molecule has 0 bridgehead atoms. The summed E-state index contributed by atoms with van der Waals surface area (Å²) in [7, 11) is -2.51. The fraction of sp³-hybridized carbons (Fsp3) is 0.333. The first-order chi connectivity index (χ1) is 14.4. The molecule has 2 amide bonds. The zero-order valence-electron chi connectivity index (χ0n) is 17.0. The number of hydrogen-bond acceptors (Lipinski definition) is 5. The Kier molecular flexibility index (Phi) is 6.73.